The van der Waals surface area contributed by atoms with Gasteiger partial charge in [-0.2, -0.15) is 0 Å². The molecule has 1 fully saturated rings. The van der Waals surface area contributed by atoms with Gasteiger partial charge in [0.15, 0.2) is 0 Å². The average molecular weight is 196 g/mol. The van der Waals surface area contributed by atoms with E-state index in [0.717, 1.165) is 24.8 Å². The Hall–Kier alpha value is -0.790. The highest BCUT2D eigenvalue weighted by atomic mass is 16.5. The summed E-state index contributed by atoms with van der Waals surface area (Å²) in [5, 5.41) is 0. The maximum atomic E-state index is 11.6. The molecule has 0 saturated heterocycles. The van der Waals surface area contributed by atoms with Crippen molar-refractivity contribution in [2.75, 3.05) is 0 Å². The van der Waals surface area contributed by atoms with E-state index in [1.807, 2.05) is 19.9 Å². The van der Waals surface area contributed by atoms with Crippen molar-refractivity contribution in [1.29, 1.82) is 0 Å². The van der Waals surface area contributed by atoms with Crippen molar-refractivity contribution in [2.45, 2.75) is 58.5 Å². The van der Waals surface area contributed by atoms with E-state index in [1.54, 1.807) is 0 Å². The number of allylic oxidation sites excluding steroid dienone is 1. The molecular formula is C12H20O2. The molecule has 0 aromatic rings. The van der Waals surface area contributed by atoms with Crippen LogP contribution in [0.25, 0.3) is 0 Å². The largest absolute Gasteiger partial charge is 0.459 e. The minimum absolute atomic E-state index is 0.109. The van der Waals surface area contributed by atoms with Crippen LogP contribution < -0.4 is 0 Å². The molecule has 0 heterocycles. The Bertz CT molecular complexity index is 212. The van der Waals surface area contributed by atoms with Gasteiger partial charge in [-0.1, -0.05) is 19.4 Å². The van der Waals surface area contributed by atoms with Gasteiger partial charge in [0.05, 0.1) is 0 Å². The highest BCUT2D eigenvalue weighted by Crippen LogP contribution is 2.21. The summed E-state index contributed by atoms with van der Waals surface area (Å²) in [6, 6.07) is 0. The molecule has 1 aliphatic carbocycles. The first-order chi connectivity index (χ1) is 6.77. The summed E-state index contributed by atoms with van der Waals surface area (Å²) in [6.07, 6.45) is 8.59. The molecule has 0 aliphatic heterocycles. The zero-order valence-electron chi connectivity index (χ0n) is 9.21. The number of ether oxygens (including phenoxy) is 1. The summed E-state index contributed by atoms with van der Waals surface area (Å²) in [5.74, 6) is -0.109. The predicted molar refractivity (Wildman–Crippen MR) is 57.0 cm³/mol. The summed E-state index contributed by atoms with van der Waals surface area (Å²) >= 11 is 0. The van der Waals surface area contributed by atoms with Crippen LogP contribution in [-0.4, -0.2) is 12.1 Å². The lowest BCUT2D eigenvalue weighted by Gasteiger charge is -2.22. The van der Waals surface area contributed by atoms with Gasteiger partial charge in [0.1, 0.15) is 6.10 Å². The lowest BCUT2D eigenvalue weighted by Crippen LogP contribution is -2.21. The molecule has 80 valence electrons. The molecule has 0 aromatic heterocycles. The quantitative estimate of drug-likeness (QED) is 0.511. The Morgan fingerprint density at radius 1 is 1.36 bits per heavy atom. The normalized spacial score (nSPS) is 19.4. The van der Waals surface area contributed by atoms with Crippen LogP contribution in [0.2, 0.25) is 0 Å². The second-order valence-corrected chi connectivity index (χ2v) is 3.83. The van der Waals surface area contributed by atoms with Crippen LogP contribution in [0.1, 0.15) is 52.4 Å². The third kappa shape index (κ3) is 3.17. The fraction of sp³-hybridized carbons (Fsp3) is 0.750. The van der Waals surface area contributed by atoms with Gasteiger partial charge in [-0.15, -0.1) is 0 Å². The molecule has 0 amide bonds. The number of hydrogen-bond donors (Lipinski definition) is 0. The zero-order valence-corrected chi connectivity index (χ0v) is 9.21. The first-order valence-electron chi connectivity index (χ1n) is 5.64. The molecule has 0 N–H and O–H groups in total. The van der Waals surface area contributed by atoms with Crippen molar-refractivity contribution in [3.05, 3.63) is 11.6 Å². The molecule has 0 bridgehead atoms. The molecule has 0 unspecified atom stereocenters. The van der Waals surface area contributed by atoms with E-state index in [4.69, 9.17) is 4.74 Å². The Balaban J connectivity index is 2.38. The molecule has 1 saturated carbocycles. The molecule has 2 nitrogen and oxygen atoms in total. The average Bonchev–Trinajstić information content (AvgIpc) is 2.21. The lowest BCUT2D eigenvalue weighted by atomic mass is 9.98. The maximum absolute atomic E-state index is 11.6. The Labute approximate surface area is 86.3 Å². The van der Waals surface area contributed by atoms with E-state index >= 15 is 0 Å². The summed E-state index contributed by atoms with van der Waals surface area (Å²) < 4.78 is 5.43. The van der Waals surface area contributed by atoms with E-state index in [2.05, 4.69) is 0 Å². The predicted octanol–water partition coefficient (Wildman–Crippen LogP) is 3.22. The van der Waals surface area contributed by atoms with Crippen LogP contribution in [0, 0.1) is 0 Å². The second-order valence-electron chi connectivity index (χ2n) is 3.83. The van der Waals surface area contributed by atoms with Crippen LogP contribution in [0.3, 0.4) is 0 Å². The lowest BCUT2D eigenvalue weighted by molar-refractivity contribution is -0.145. The van der Waals surface area contributed by atoms with Gasteiger partial charge >= 0.3 is 5.97 Å². The Morgan fingerprint density at radius 2 is 2.00 bits per heavy atom. The van der Waals surface area contributed by atoms with Gasteiger partial charge in [-0.25, -0.2) is 4.79 Å². The molecule has 0 radical (unpaired) electrons. The van der Waals surface area contributed by atoms with Crippen molar-refractivity contribution < 1.29 is 9.53 Å². The van der Waals surface area contributed by atoms with Crippen molar-refractivity contribution in [1.82, 2.24) is 0 Å². The minimum atomic E-state index is -0.109. The van der Waals surface area contributed by atoms with Crippen molar-refractivity contribution in [2.24, 2.45) is 0 Å². The number of hydrogen-bond acceptors (Lipinski definition) is 2. The van der Waals surface area contributed by atoms with Crippen LogP contribution in [0.5, 0.6) is 0 Å². The van der Waals surface area contributed by atoms with Crippen molar-refractivity contribution in [3.63, 3.8) is 0 Å². The van der Waals surface area contributed by atoms with Crippen LogP contribution in [0.15, 0.2) is 11.6 Å². The van der Waals surface area contributed by atoms with Crippen LogP contribution in [-0.2, 0) is 9.53 Å². The number of carbonyl (C=O) groups is 1. The third-order valence-corrected chi connectivity index (χ3v) is 2.82. The molecule has 2 heteroatoms. The van der Waals surface area contributed by atoms with Gasteiger partial charge in [0.25, 0.3) is 0 Å². The monoisotopic (exact) mass is 196 g/mol. The Kier molecular flexibility index (Phi) is 4.71. The SMILES string of the molecule is C/C=C(\CC)C(=O)OC1CCCCC1. The summed E-state index contributed by atoms with van der Waals surface area (Å²) in [7, 11) is 0. The standard InChI is InChI=1S/C12H20O2/c1-3-10(4-2)12(13)14-11-8-6-5-7-9-11/h3,11H,4-9H2,1-2H3/b10-3+. The molecule has 1 aliphatic rings. The molecular weight excluding hydrogens is 176 g/mol. The van der Waals surface area contributed by atoms with E-state index < -0.39 is 0 Å². The molecule has 1 rings (SSSR count). The van der Waals surface area contributed by atoms with E-state index in [9.17, 15) is 4.79 Å². The fourth-order valence-electron chi connectivity index (χ4n) is 1.88. The van der Waals surface area contributed by atoms with Gasteiger partial charge < -0.3 is 4.74 Å². The van der Waals surface area contributed by atoms with Gasteiger partial charge in [0, 0.05) is 5.57 Å². The first-order valence-corrected chi connectivity index (χ1v) is 5.64. The summed E-state index contributed by atoms with van der Waals surface area (Å²) in [4.78, 5) is 11.6. The molecule has 0 aromatic carbocycles. The van der Waals surface area contributed by atoms with Crippen LogP contribution in [0.4, 0.5) is 0 Å². The fourth-order valence-corrected chi connectivity index (χ4v) is 1.88. The van der Waals surface area contributed by atoms with Gasteiger partial charge in [-0.05, 0) is 39.0 Å². The number of esters is 1. The van der Waals surface area contributed by atoms with Gasteiger partial charge in [-0.3, -0.25) is 0 Å². The molecule has 0 spiro atoms. The summed E-state index contributed by atoms with van der Waals surface area (Å²) in [6.45, 7) is 3.87. The first kappa shape index (κ1) is 11.3. The van der Waals surface area contributed by atoms with Crippen LogP contribution >= 0.6 is 0 Å². The summed E-state index contributed by atoms with van der Waals surface area (Å²) in [5.41, 5.74) is 0.801. The highest BCUT2D eigenvalue weighted by Gasteiger charge is 2.18. The highest BCUT2D eigenvalue weighted by molar-refractivity contribution is 5.88. The Morgan fingerprint density at radius 3 is 2.50 bits per heavy atom. The number of rotatable bonds is 3. The third-order valence-electron chi connectivity index (χ3n) is 2.82. The second kappa shape index (κ2) is 5.84. The molecule has 0 atom stereocenters. The molecule has 14 heavy (non-hydrogen) atoms. The van der Waals surface area contributed by atoms with Crippen molar-refractivity contribution >= 4 is 5.97 Å². The minimum Gasteiger partial charge on any atom is -0.459 e. The maximum Gasteiger partial charge on any atom is 0.333 e. The van der Waals surface area contributed by atoms with Crippen molar-refractivity contribution in [3.8, 4) is 0 Å². The van der Waals surface area contributed by atoms with E-state index in [1.165, 1.54) is 19.3 Å². The topological polar surface area (TPSA) is 26.3 Å². The number of carbonyl (C=O) groups excluding carboxylic acids is 1. The van der Waals surface area contributed by atoms with Gasteiger partial charge in [0.2, 0.25) is 0 Å². The van der Waals surface area contributed by atoms with E-state index in [0.29, 0.717) is 0 Å². The smallest absolute Gasteiger partial charge is 0.333 e. The van der Waals surface area contributed by atoms with E-state index in [-0.39, 0.29) is 12.1 Å². The zero-order chi connectivity index (χ0) is 10.4.